The number of nitrogens with two attached hydrogens (primary N) is 1. The Morgan fingerprint density at radius 3 is 2.64 bits per heavy atom. The van der Waals surface area contributed by atoms with E-state index in [1.807, 2.05) is 6.07 Å². The van der Waals surface area contributed by atoms with E-state index in [1.165, 1.54) is 5.52 Å². The van der Waals surface area contributed by atoms with Gasteiger partial charge in [-0.3, -0.25) is 0 Å². The second kappa shape index (κ2) is 6.97. The molecule has 22 heavy (non-hydrogen) atoms. The molecular weight excluding hydrogens is 276 g/mol. The van der Waals surface area contributed by atoms with Gasteiger partial charge in [0.25, 0.3) is 0 Å². The molecule has 120 valence electrons. The van der Waals surface area contributed by atoms with Gasteiger partial charge in [0.2, 0.25) is 0 Å². The molecule has 3 N–H and O–H groups in total. The van der Waals surface area contributed by atoms with Crippen LogP contribution in [0.5, 0.6) is 0 Å². The number of unbranched alkanes of at least 4 members (excludes halogenated alkanes) is 1. The second-order valence-electron chi connectivity index (χ2n) is 6.16. The number of carbonyl (C=O) groups is 1. The van der Waals surface area contributed by atoms with Crippen molar-refractivity contribution in [2.24, 2.45) is 5.73 Å². The number of carboxylic acids is 1. The highest BCUT2D eigenvalue weighted by atomic mass is 16.4. The lowest BCUT2D eigenvalue weighted by Crippen LogP contribution is -2.03. The maximum Gasteiger partial charge on any atom is 0.335 e. The predicted octanol–water partition coefficient (Wildman–Crippen LogP) is 3.76. The molecule has 0 atom stereocenters. The van der Waals surface area contributed by atoms with Crippen LogP contribution in [0.15, 0.2) is 18.3 Å². The number of carboxylic acid groups (broad SMARTS) is 1. The third kappa shape index (κ3) is 3.17. The Balaban J connectivity index is 2.72. The zero-order valence-electron chi connectivity index (χ0n) is 13.7. The summed E-state index contributed by atoms with van der Waals surface area (Å²) in [7, 11) is 0. The first-order chi connectivity index (χ1) is 10.5. The first kappa shape index (κ1) is 16.6. The highest BCUT2D eigenvalue weighted by Gasteiger charge is 2.17. The van der Waals surface area contributed by atoms with Crippen molar-refractivity contribution in [3.05, 3.63) is 35.0 Å². The van der Waals surface area contributed by atoms with Crippen LogP contribution in [0.2, 0.25) is 0 Å². The Bertz CT molecular complexity index is 671. The van der Waals surface area contributed by atoms with Gasteiger partial charge in [0.15, 0.2) is 0 Å². The van der Waals surface area contributed by atoms with Crippen molar-refractivity contribution in [1.29, 1.82) is 0 Å². The lowest BCUT2D eigenvalue weighted by Gasteiger charge is -2.13. The monoisotopic (exact) mass is 302 g/mol. The molecule has 0 aliphatic rings. The quantitative estimate of drug-likeness (QED) is 0.818. The van der Waals surface area contributed by atoms with Crippen LogP contribution >= 0.6 is 0 Å². The number of nitrogens with zero attached hydrogens (tertiary/aromatic N) is 1. The van der Waals surface area contributed by atoms with Crippen molar-refractivity contribution in [3.63, 3.8) is 0 Å². The van der Waals surface area contributed by atoms with Gasteiger partial charge in [0.05, 0.1) is 11.1 Å². The van der Waals surface area contributed by atoms with E-state index in [0.717, 1.165) is 42.3 Å². The summed E-state index contributed by atoms with van der Waals surface area (Å²) < 4.78 is 2.28. The molecule has 0 aliphatic heterocycles. The van der Waals surface area contributed by atoms with Gasteiger partial charge in [-0.15, -0.1) is 0 Å². The Morgan fingerprint density at radius 1 is 1.36 bits per heavy atom. The van der Waals surface area contributed by atoms with Crippen molar-refractivity contribution < 1.29 is 9.90 Å². The molecule has 0 unspecified atom stereocenters. The molecule has 4 nitrogen and oxygen atoms in total. The number of rotatable bonds is 7. The van der Waals surface area contributed by atoms with Crippen molar-refractivity contribution in [2.75, 3.05) is 6.54 Å². The molecule has 0 spiro atoms. The number of benzene rings is 1. The molecule has 0 amide bonds. The largest absolute Gasteiger partial charge is 0.478 e. The molecule has 0 fully saturated rings. The normalized spacial score (nSPS) is 11.5. The first-order valence-electron chi connectivity index (χ1n) is 8.08. The smallest absolute Gasteiger partial charge is 0.335 e. The number of fused-ring (bicyclic) bond motifs is 1. The molecule has 2 rings (SSSR count). The van der Waals surface area contributed by atoms with Gasteiger partial charge in [-0.25, -0.2) is 4.79 Å². The van der Waals surface area contributed by atoms with Crippen LogP contribution in [0.1, 0.15) is 61.0 Å². The lowest BCUT2D eigenvalue weighted by atomic mass is 9.96. The molecule has 2 aromatic rings. The van der Waals surface area contributed by atoms with Crippen molar-refractivity contribution in [2.45, 2.75) is 52.5 Å². The fourth-order valence-electron chi connectivity index (χ4n) is 2.97. The number of hydrogen-bond donors (Lipinski definition) is 2. The van der Waals surface area contributed by atoms with Crippen LogP contribution < -0.4 is 5.73 Å². The van der Waals surface area contributed by atoms with Crippen LogP contribution in [0.3, 0.4) is 0 Å². The summed E-state index contributed by atoms with van der Waals surface area (Å²) >= 11 is 0. The van der Waals surface area contributed by atoms with E-state index in [4.69, 9.17) is 5.73 Å². The van der Waals surface area contributed by atoms with Crippen molar-refractivity contribution in [3.8, 4) is 0 Å². The first-order valence-corrected chi connectivity index (χ1v) is 8.08. The van der Waals surface area contributed by atoms with Gasteiger partial charge in [0.1, 0.15) is 0 Å². The van der Waals surface area contributed by atoms with Gasteiger partial charge in [-0.2, -0.15) is 0 Å². The third-order valence-electron chi connectivity index (χ3n) is 4.12. The predicted molar refractivity (Wildman–Crippen MR) is 90.7 cm³/mol. The maximum atomic E-state index is 11.4. The van der Waals surface area contributed by atoms with Crippen LogP contribution in [0, 0.1) is 0 Å². The van der Waals surface area contributed by atoms with Crippen LogP contribution in [0.25, 0.3) is 10.9 Å². The van der Waals surface area contributed by atoms with Crippen LogP contribution in [-0.4, -0.2) is 22.2 Å². The molecule has 1 aromatic carbocycles. The molecule has 0 saturated heterocycles. The van der Waals surface area contributed by atoms with Gasteiger partial charge < -0.3 is 15.4 Å². The number of aromatic nitrogens is 1. The molecule has 0 radical (unpaired) electrons. The summed E-state index contributed by atoms with van der Waals surface area (Å²) in [5, 5.41) is 10.4. The maximum absolute atomic E-state index is 11.4. The van der Waals surface area contributed by atoms with E-state index in [9.17, 15) is 9.90 Å². The van der Waals surface area contributed by atoms with E-state index in [1.54, 1.807) is 6.07 Å². The summed E-state index contributed by atoms with van der Waals surface area (Å²) in [5.41, 5.74) is 9.53. The SMILES string of the molecule is CCCCn1cc(CCN)c2cc(C(=O)O)cc(C(C)C)c21. The summed E-state index contributed by atoms with van der Waals surface area (Å²) in [5.74, 6) is -0.591. The Hall–Kier alpha value is -1.81. The van der Waals surface area contributed by atoms with E-state index < -0.39 is 5.97 Å². The van der Waals surface area contributed by atoms with E-state index in [-0.39, 0.29) is 5.92 Å². The Morgan fingerprint density at radius 2 is 2.09 bits per heavy atom. The van der Waals surface area contributed by atoms with E-state index in [2.05, 4.69) is 31.5 Å². The molecule has 0 bridgehead atoms. The molecule has 0 saturated carbocycles. The second-order valence-corrected chi connectivity index (χ2v) is 6.16. The zero-order valence-corrected chi connectivity index (χ0v) is 13.7. The topological polar surface area (TPSA) is 68.2 Å². The fourth-order valence-corrected chi connectivity index (χ4v) is 2.97. The third-order valence-corrected chi connectivity index (χ3v) is 4.12. The van der Waals surface area contributed by atoms with Crippen LogP contribution in [0.4, 0.5) is 0 Å². The minimum Gasteiger partial charge on any atom is -0.478 e. The molecule has 0 aliphatic carbocycles. The lowest BCUT2D eigenvalue weighted by molar-refractivity contribution is 0.0697. The summed E-state index contributed by atoms with van der Waals surface area (Å²) in [6.45, 7) is 7.93. The summed E-state index contributed by atoms with van der Waals surface area (Å²) in [4.78, 5) is 11.4. The average molecular weight is 302 g/mol. The Labute approximate surface area is 131 Å². The number of aryl methyl sites for hydroxylation is 1. The highest BCUT2D eigenvalue weighted by molar-refractivity contribution is 5.97. The fraction of sp³-hybridized carbons (Fsp3) is 0.500. The van der Waals surface area contributed by atoms with Crippen molar-refractivity contribution >= 4 is 16.9 Å². The number of aromatic carboxylic acids is 1. The molecular formula is C18H26N2O2. The van der Waals surface area contributed by atoms with Crippen molar-refractivity contribution in [1.82, 2.24) is 4.57 Å². The summed E-state index contributed by atoms with van der Waals surface area (Å²) in [6, 6.07) is 3.63. The molecule has 4 heteroatoms. The highest BCUT2D eigenvalue weighted by Crippen LogP contribution is 2.31. The van der Waals surface area contributed by atoms with Gasteiger partial charge in [-0.05, 0) is 48.6 Å². The van der Waals surface area contributed by atoms with Gasteiger partial charge in [0, 0.05) is 18.1 Å². The zero-order chi connectivity index (χ0) is 16.3. The van der Waals surface area contributed by atoms with E-state index >= 15 is 0 Å². The Kier molecular flexibility index (Phi) is 5.24. The van der Waals surface area contributed by atoms with Gasteiger partial charge in [-0.1, -0.05) is 27.2 Å². The minimum absolute atomic E-state index is 0.280. The summed E-state index contributed by atoms with van der Waals surface area (Å²) in [6.07, 6.45) is 5.18. The standard InChI is InChI=1S/C18H26N2O2/c1-4-5-8-20-11-13(6-7-19)16-10-14(18(21)22)9-15(12(2)3)17(16)20/h9-12H,4-8,19H2,1-3H3,(H,21,22). The minimum atomic E-state index is -0.871. The van der Waals surface area contributed by atoms with Crippen LogP contribution in [-0.2, 0) is 13.0 Å². The molecule has 1 aromatic heterocycles. The average Bonchev–Trinajstić information content (AvgIpc) is 2.82. The number of hydrogen-bond acceptors (Lipinski definition) is 2. The molecule has 1 heterocycles. The van der Waals surface area contributed by atoms with E-state index in [0.29, 0.717) is 12.1 Å². The van der Waals surface area contributed by atoms with Gasteiger partial charge >= 0.3 is 5.97 Å².